The molecule has 0 radical (unpaired) electrons. The first-order valence-electron chi connectivity index (χ1n) is 9.54. The molecular formula is C23H22F2N2O2. The molecular weight excluding hydrogens is 374 g/mol. The zero-order chi connectivity index (χ0) is 20.9. The fraction of sp³-hybridized carbons (Fsp3) is 0.304. The highest BCUT2D eigenvalue weighted by Crippen LogP contribution is 2.48. The van der Waals surface area contributed by atoms with E-state index in [1.165, 1.54) is 24.0 Å². The molecule has 1 unspecified atom stereocenters. The van der Waals surface area contributed by atoms with Gasteiger partial charge in [0.1, 0.15) is 11.6 Å². The molecule has 0 saturated carbocycles. The SMILES string of the molecule is CC(=O)N1c2ccccc2NC2=C(C(=O)CC(C)(C)C2)C1c1cc(F)cc(F)c1. The maximum Gasteiger partial charge on any atom is 0.224 e. The van der Waals surface area contributed by atoms with Crippen LogP contribution in [0, 0.1) is 17.0 Å². The number of nitrogens with zero attached hydrogens (tertiary/aromatic N) is 1. The molecule has 6 heteroatoms. The third kappa shape index (κ3) is 3.43. The average molecular weight is 396 g/mol. The van der Waals surface area contributed by atoms with Gasteiger partial charge in [0.2, 0.25) is 5.91 Å². The van der Waals surface area contributed by atoms with Crippen LogP contribution in [0.4, 0.5) is 20.2 Å². The summed E-state index contributed by atoms with van der Waals surface area (Å²) < 4.78 is 28.2. The van der Waals surface area contributed by atoms with Gasteiger partial charge in [0.25, 0.3) is 0 Å². The first kappa shape index (κ1) is 19.3. The number of Topliss-reactive ketones (excluding diaryl/α,β-unsaturated/α-hetero) is 1. The number of nitrogens with one attached hydrogen (secondary N) is 1. The van der Waals surface area contributed by atoms with E-state index >= 15 is 0 Å². The highest BCUT2D eigenvalue weighted by atomic mass is 19.1. The summed E-state index contributed by atoms with van der Waals surface area (Å²) in [5, 5.41) is 3.34. The van der Waals surface area contributed by atoms with E-state index in [2.05, 4.69) is 5.32 Å². The minimum atomic E-state index is -0.910. The van der Waals surface area contributed by atoms with Gasteiger partial charge in [-0.3, -0.25) is 14.5 Å². The van der Waals surface area contributed by atoms with Crippen LogP contribution >= 0.6 is 0 Å². The number of para-hydroxylation sites is 2. The van der Waals surface area contributed by atoms with Gasteiger partial charge in [-0.15, -0.1) is 0 Å². The number of hydrogen-bond acceptors (Lipinski definition) is 3. The van der Waals surface area contributed by atoms with Crippen LogP contribution in [0.1, 0.15) is 45.2 Å². The molecule has 2 aromatic carbocycles. The smallest absolute Gasteiger partial charge is 0.224 e. The lowest BCUT2D eigenvalue weighted by Crippen LogP contribution is -2.38. The van der Waals surface area contributed by atoms with Gasteiger partial charge in [0.05, 0.1) is 17.4 Å². The number of rotatable bonds is 1. The monoisotopic (exact) mass is 396 g/mol. The lowest BCUT2D eigenvalue weighted by atomic mass is 9.73. The Kier molecular flexibility index (Phi) is 4.52. The van der Waals surface area contributed by atoms with E-state index in [1.807, 2.05) is 26.0 Å². The lowest BCUT2D eigenvalue weighted by molar-refractivity contribution is -0.118. The summed E-state index contributed by atoms with van der Waals surface area (Å²) in [4.78, 5) is 27.5. The van der Waals surface area contributed by atoms with Gasteiger partial charge < -0.3 is 5.32 Å². The molecule has 0 saturated heterocycles. The molecule has 0 bridgehead atoms. The molecule has 0 spiro atoms. The largest absolute Gasteiger partial charge is 0.357 e. The van der Waals surface area contributed by atoms with Crippen molar-refractivity contribution in [2.45, 2.75) is 39.7 Å². The summed E-state index contributed by atoms with van der Waals surface area (Å²) in [6, 6.07) is 9.47. The van der Waals surface area contributed by atoms with Crippen LogP contribution in [0.25, 0.3) is 0 Å². The third-order valence-corrected chi connectivity index (χ3v) is 5.44. The highest BCUT2D eigenvalue weighted by Gasteiger charge is 2.42. The maximum atomic E-state index is 14.1. The number of amides is 1. The zero-order valence-electron chi connectivity index (χ0n) is 16.6. The van der Waals surface area contributed by atoms with E-state index in [0.717, 1.165) is 6.07 Å². The number of ketones is 1. The normalized spacial score (nSPS) is 20.5. The molecule has 2 aromatic rings. The number of benzene rings is 2. The number of halogens is 2. The molecule has 0 aromatic heterocycles. The second kappa shape index (κ2) is 6.79. The van der Waals surface area contributed by atoms with Gasteiger partial charge >= 0.3 is 0 Å². The summed E-state index contributed by atoms with van der Waals surface area (Å²) in [5.41, 5.74) is 2.30. The van der Waals surface area contributed by atoms with Crippen LogP contribution < -0.4 is 10.2 Å². The van der Waals surface area contributed by atoms with E-state index in [-0.39, 0.29) is 22.7 Å². The molecule has 1 aliphatic heterocycles. The van der Waals surface area contributed by atoms with E-state index in [9.17, 15) is 18.4 Å². The third-order valence-electron chi connectivity index (χ3n) is 5.44. The Labute approximate surface area is 168 Å². The predicted octanol–water partition coefficient (Wildman–Crippen LogP) is 5.13. The number of allylic oxidation sites excluding steroid dienone is 1. The van der Waals surface area contributed by atoms with Crippen molar-refractivity contribution < 1.29 is 18.4 Å². The Hall–Kier alpha value is -3.02. The van der Waals surface area contributed by atoms with Crippen LogP contribution in [-0.4, -0.2) is 11.7 Å². The minimum Gasteiger partial charge on any atom is -0.357 e. The summed E-state index contributed by atoms with van der Waals surface area (Å²) >= 11 is 0. The fourth-order valence-electron chi connectivity index (χ4n) is 4.38. The van der Waals surface area contributed by atoms with Crippen LogP contribution in [0.2, 0.25) is 0 Å². The Morgan fingerprint density at radius 1 is 1.10 bits per heavy atom. The summed E-state index contributed by atoms with van der Waals surface area (Å²) in [5.74, 6) is -1.95. The van der Waals surface area contributed by atoms with E-state index < -0.39 is 17.7 Å². The van der Waals surface area contributed by atoms with Gasteiger partial charge in [-0.05, 0) is 41.7 Å². The van der Waals surface area contributed by atoms with Crippen molar-refractivity contribution in [2.75, 3.05) is 10.2 Å². The molecule has 2 aliphatic rings. The standard InChI is InChI=1S/C23H22F2N2O2/c1-13(28)27-19-7-5-4-6-17(19)26-18-11-23(2,3)12-20(29)21(18)22(27)14-8-15(24)10-16(25)9-14/h4-10,22,26H,11-12H2,1-3H3. The molecule has 29 heavy (non-hydrogen) atoms. The number of anilines is 2. The Bertz CT molecular complexity index is 1040. The molecule has 150 valence electrons. The quantitative estimate of drug-likeness (QED) is 0.727. The van der Waals surface area contributed by atoms with Crippen molar-refractivity contribution in [1.29, 1.82) is 0 Å². The number of carbonyl (C=O) groups excluding carboxylic acids is 2. The Morgan fingerprint density at radius 2 is 1.76 bits per heavy atom. The van der Waals surface area contributed by atoms with Crippen LogP contribution in [0.3, 0.4) is 0 Å². The van der Waals surface area contributed by atoms with Crippen LogP contribution in [0.5, 0.6) is 0 Å². The first-order chi connectivity index (χ1) is 13.7. The van der Waals surface area contributed by atoms with Crippen molar-refractivity contribution in [3.8, 4) is 0 Å². The summed E-state index contributed by atoms with van der Waals surface area (Å²) in [6.07, 6.45) is 0.881. The van der Waals surface area contributed by atoms with Crippen molar-refractivity contribution in [2.24, 2.45) is 5.41 Å². The average Bonchev–Trinajstić information content (AvgIpc) is 2.73. The summed E-state index contributed by atoms with van der Waals surface area (Å²) in [7, 11) is 0. The van der Waals surface area contributed by atoms with E-state index in [1.54, 1.807) is 12.1 Å². The molecule has 1 amide bonds. The van der Waals surface area contributed by atoms with Gasteiger partial charge in [0.15, 0.2) is 5.78 Å². The van der Waals surface area contributed by atoms with Crippen LogP contribution in [-0.2, 0) is 9.59 Å². The molecule has 1 heterocycles. The van der Waals surface area contributed by atoms with Crippen molar-refractivity contribution in [3.63, 3.8) is 0 Å². The number of hydrogen-bond donors (Lipinski definition) is 1. The van der Waals surface area contributed by atoms with Gasteiger partial charge in [0, 0.05) is 30.7 Å². The minimum absolute atomic E-state index is 0.127. The van der Waals surface area contributed by atoms with Gasteiger partial charge in [-0.25, -0.2) is 8.78 Å². The van der Waals surface area contributed by atoms with Crippen molar-refractivity contribution in [3.05, 3.63) is 70.9 Å². The van der Waals surface area contributed by atoms with E-state index in [4.69, 9.17) is 0 Å². The highest BCUT2D eigenvalue weighted by molar-refractivity contribution is 6.05. The molecule has 1 N–H and O–H groups in total. The number of fused-ring (bicyclic) bond motifs is 1. The Balaban J connectivity index is 2.03. The number of carbonyl (C=O) groups is 2. The summed E-state index contributed by atoms with van der Waals surface area (Å²) in [6.45, 7) is 5.40. The topological polar surface area (TPSA) is 49.4 Å². The Morgan fingerprint density at radius 3 is 2.41 bits per heavy atom. The molecule has 1 atom stereocenters. The molecule has 1 aliphatic carbocycles. The van der Waals surface area contributed by atoms with Crippen LogP contribution in [0.15, 0.2) is 53.7 Å². The van der Waals surface area contributed by atoms with Crippen molar-refractivity contribution in [1.82, 2.24) is 0 Å². The predicted molar refractivity (Wildman–Crippen MR) is 107 cm³/mol. The molecule has 0 fully saturated rings. The van der Waals surface area contributed by atoms with Gasteiger partial charge in [-0.1, -0.05) is 26.0 Å². The fourth-order valence-corrected chi connectivity index (χ4v) is 4.38. The second-order valence-electron chi connectivity index (χ2n) is 8.47. The van der Waals surface area contributed by atoms with Gasteiger partial charge in [-0.2, -0.15) is 0 Å². The lowest BCUT2D eigenvalue weighted by Gasteiger charge is -2.36. The zero-order valence-corrected chi connectivity index (χ0v) is 16.6. The van der Waals surface area contributed by atoms with E-state index in [0.29, 0.717) is 35.5 Å². The maximum absolute atomic E-state index is 14.1. The molecule has 4 nitrogen and oxygen atoms in total. The molecule has 4 rings (SSSR count). The van der Waals surface area contributed by atoms with Crippen molar-refractivity contribution >= 4 is 23.1 Å². The second-order valence-corrected chi connectivity index (χ2v) is 8.47. The first-order valence-corrected chi connectivity index (χ1v) is 9.54.